The van der Waals surface area contributed by atoms with E-state index in [1.54, 1.807) is 6.07 Å². The third-order valence-electron chi connectivity index (χ3n) is 5.90. The maximum atomic E-state index is 11.5. The number of aromatic nitrogens is 3. The summed E-state index contributed by atoms with van der Waals surface area (Å²) in [7, 11) is 0. The van der Waals surface area contributed by atoms with E-state index >= 15 is 0 Å². The normalized spacial score (nSPS) is 15.4. The van der Waals surface area contributed by atoms with E-state index in [9.17, 15) is 9.90 Å². The van der Waals surface area contributed by atoms with E-state index in [0.717, 1.165) is 45.0 Å². The minimum absolute atomic E-state index is 0.628. The van der Waals surface area contributed by atoms with Crippen LogP contribution in [0.3, 0.4) is 0 Å². The zero-order valence-corrected chi connectivity index (χ0v) is 17.0. The van der Waals surface area contributed by atoms with Crippen molar-refractivity contribution in [2.75, 3.05) is 6.54 Å². The second-order valence-corrected chi connectivity index (χ2v) is 8.83. The molecule has 6 nitrogen and oxygen atoms in total. The van der Waals surface area contributed by atoms with E-state index in [4.69, 9.17) is 0 Å². The standard InChI is InChI=1S/C22H24N4O2S/c27-22(28)26-19-8-9-29-21(19)20(25-26)18-11-16-10-15(6-7-17(16)24-18)13-23-12-14-4-2-1-3-5-14/h6-11,14,23-24H,1-5,12-13H2,(H,27,28). The molecular weight excluding hydrogens is 384 g/mol. The number of thiophene rings is 1. The molecule has 0 spiro atoms. The molecule has 5 rings (SSSR count). The number of fused-ring (bicyclic) bond motifs is 2. The number of hydrogen-bond acceptors (Lipinski definition) is 4. The maximum Gasteiger partial charge on any atom is 0.432 e. The highest BCUT2D eigenvalue weighted by Crippen LogP contribution is 2.33. The van der Waals surface area contributed by atoms with E-state index in [1.807, 2.05) is 5.38 Å². The fourth-order valence-electron chi connectivity index (χ4n) is 4.40. The lowest BCUT2D eigenvalue weighted by atomic mass is 9.89. The van der Waals surface area contributed by atoms with Crippen LogP contribution in [-0.4, -0.2) is 32.5 Å². The molecule has 150 valence electrons. The first-order chi connectivity index (χ1) is 14.2. The molecule has 0 unspecified atom stereocenters. The first-order valence-electron chi connectivity index (χ1n) is 10.2. The molecule has 3 N–H and O–H groups in total. The molecule has 0 aliphatic heterocycles. The van der Waals surface area contributed by atoms with Gasteiger partial charge in [-0.3, -0.25) is 0 Å². The van der Waals surface area contributed by atoms with Crippen LogP contribution in [0.4, 0.5) is 4.79 Å². The number of H-pyrrole nitrogens is 1. The van der Waals surface area contributed by atoms with Gasteiger partial charge < -0.3 is 15.4 Å². The number of nitrogens with zero attached hydrogens (tertiary/aromatic N) is 2. The number of nitrogens with one attached hydrogen (secondary N) is 2. The molecule has 1 aliphatic rings. The van der Waals surface area contributed by atoms with Crippen LogP contribution in [0.25, 0.3) is 32.5 Å². The number of rotatable bonds is 5. The minimum atomic E-state index is -1.07. The molecule has 1 saturated carbocycles. The van der Waals surface area contributed by atoms with Gasteiger partial charge in [0, 0.05) is 17.4 Å². The molecular formula is C22H24N4O2S. The van der Waals surface area contributed by atoms with Gasteiger partial charge in [-0.25, -0.2) is 4.79 Å². The van der Waals surface area contributed by atoms with Crippen molar-refractivity contribution in [3.63, 3.8) is 0 Å². The van der Waals surface area contributed by atoms with Crippen molar-refractivity contribution >= 4 is 38.5 Å². The van der Waals surface area contributed by atoms with Gasteiger partial charge in [0.25, 0.3) is 0 Å². The summed E-state index contributed by atoms with van der Waals surface area (Å²) >= 11 is 1.51. The minimum Gasteiger partial charge on any atom is -0.463 e. The average molecular weight is 409 g/mol. The lowest BCUT2D eigenvalue weighted by molar-refractivity contribution is 0.194. The van der Waals surface area contributed by atoms with Crippen LogP contribution in [0, 0.1) is 5.92 Å². The Morgan fingerprint density at radius 2 is 2.10 bits per heavy atom. The maximum absolute atomic E-state index is 11.5. The average Bonchev–Trinajstić information content (AvgIpc) is 3.43. The van der Waals surface area contributed by atoms with Crippen LogP contribution in [0.15, 0.2) is 35.7 Å². The molecule has 3 heterocycles. The number of hydrogen-bond donors (Lipinski definition) is 3. The second kappa shape index (κ2) is 7.65. The highest BCUT2D eigenvalue weighted by Gasteiger charge is 2.19. The Bertz CT molecular complexity index is 1170. The first kappa shape index (κ1) is 18.4. The molecule has 0 atom stereocenters. The first-order valence-corrected chi connectivity index (χ1v) is 11.1. The van der Waals surface area contributed by atoms with Crippen LogP contribution in [-0.2, 0) is 6.54 Å². The Hall–Kier alpha value is -2.64. The molecule has 0 bridgehead atoms. The zero-order chi connectivity index (χ0) is 19.8. The predicted octanol–water partition coefficient (Wildman–Crippen LogP) is 5.44. The molecule has 0 radical (unpaired) electrons. The van der Waals surface area contributed by atoms with Gasteiger partial charge in [0.1, 0.15) is 5.69 Å². The molecule has 7 heteroatoms. The molecule has 3 aromatic heterocycles. The van der Waals surface area contributed by atoms with E-state index in [1.165, 1.54) is 49.0 Å². The topological polar surface area (TPSA) is 82.9 Å². The van der Waals surface area contributed by atoms with Crippen molar-refractivity contribution in [3.05, 3.63) is 41.3 Å². The molecule has 1 aliphatic carbocycles. The molecule has 0 saturated heterocycles. The number of aromatic amines is 1. The van der Waals surface area contributed by atoms with Gasteiger partial charge in [-0.2, -0.15) is 9.78 Å². The lowest BCUT2D eigenvalue weighted by Gasteiger charge is -2.21. The van der Waals surface area contributed by atoms with E-state index in [-0.39, 0.29) is 0 Å². The third-order valence-corrected chi connectivity index (χ3v) is 6.81. The van der Waals surface area contributed by atoms with E-state index < -0.39 is 6.09 Å². The van der Waals surface area contributed by atoms with Crippen LogP contribution >= 0.6 is 11.3 Å². The zero-order valence-electron chi connectivity index (χ0n) is 16.1. The number of carbonyl (C=O) groups is 1. The van der Waals surface area contributed by atoms with E-state index in [0.29, 0.717) is 11.2 Å². The summed E-state index contributed by atoms with van der Waals surface area (Å²) in [4.78, 5) is 14.9. The number of benzene rings is 1. The van der Waals surface area contributed by atoms with Gasteiger partial charge in [0.15, 0.2) is 0 Å². The molecule has 1 aromatic carbocycles. The third kappa shape index (κ3) is 3.56. The highest BCUT2D eigenvalue weighted by atomic mass is 32.1. The van der Waals surface area contributed by atoms with Crippen LogP contribution in [0.5, 0.6) is 0 Å². The van der Waals surface area contributed by atoms with E-state index in [2.05, 4.69) is 39.7 Å². The monoisotopic (exact) mass is 408 g/mol. The Balaban J connectivity index is 1.37. The Morgan fingerprint density at radius 3 is 2.93 bits per heavy atom. The van der Waals surface area contributed by atoms with Gasteiger partial charge in [0.2, 0.25) is 0 Å². The van der Waals surface area contributed by atoms with Crippen molar-refractivity contribution in [2.24, 2.45) is 5.92 Å². The van der Waals surface area contributed by atoms with Gasteiger partial charge in [-0.1, -0.05) is 25.3 Å². The summed E-state index contributed by atoms with van der Waals surface area (Å²) in [5, 5.41) is 20.4. The second-order valence-electron chi connectivity index (χ2n) is 7.92. The van der Waals surface area contributed by atoms with Crippen molar-refractivity contribution < 1.29 is 9.90 Å². The van der Waals surface area contributed by atoms with Crippen molar-refractivity contribution in [3.8, 4) is 11.4 Å². The van der Waals surface area contributed by atoms with Gasteiger partial charge in [0.05, 0.1) is 15.9 Å². The fraction of sp³-hybridized carbons (Fsp3) is 0.364. The summed E-state index contributed by atoms with van der Waals surface area (Å²) in [6.07, 6.45) is 5.79. The summed E-state index contributed by atoms with van der Waals surface area (Å²) in [6, 6.07) is 10.3. The summed E-state index contributed by atoms with van der Waals surface area (Å²) < 4.78 is 1.93. The highest BCUT2D eigenvalue weighted by molar-refractivity contribution is 7.17. The van der Waals surface area contributed by atoms with Crippen LogP contribution in [0.1, 0.15) is 37.7 Å². The molecule has 4 aromatic rings. The Labute approximate surface area is 172 Å². The Morgan fingerprint density at radius 1 is 1.24 bits per heavy atom. The summed E-state index contributed by atoms with van der Waals surface area (Å²) in [5.74, 6) is 0.823. The summed E-state index contributed by atoms with van der Waals surface area (Å²) in [5.41, 5.74) is 4.45. The quantitative estimate of drug-likeness (QED) is 0.410. The van der Waals surface area contributed by atoms with Crippen LogP contribution in [0.2, 0.25) is 0 Å². The SMILES string of the molecule is O=C(O)n1nc(-c2cc3cc(CNCC4CCCCC4)ccc3[nH]2)c2sccc21. The molecule has 0 amide bonds. The molecule has 29 heavy (non-hydrogen) atoms. The fourth-order valence-corrected chi connectivity index (χ4v) is 5.27. The smallest absolute Gasteiger partial charge is 0.432 e. The largest absolute Gasteiger partial charge is 0.463 e. The van der Waals surface area contributed by atoms with Crippen LogP contribution < -0.4 is 5.32 Å². The number of carboxylic acid groups (broad SMARTS) is 1. The Kier molecular flexibility index (Phi) is 4.85. The lowest BCUT2D eigenvalue weighted by Crippen LogP contribution is -2.24. The van der Waals surface area contributed by atoms with Gasteiger partial charge >= 0.3 is 6.09 Å². The van der Waals surface area contributed by atoms with Gasteiger partial charge in [-0.05, 0) is 60.5 Å². The molecule has 1 fully saturated rings. The van der Waals surface area contributed by atoms with Crippen molar-refractivity contribution in [1.29, 1.82) is 0 Å². The van der Waals surface area contributed by atoms with Crippen molar-refractivity contribution in [1.82, 2.24) is 20.1 Å². The summed E-state index contributed by atoms with van der Waals surface area (Å²) in [6.45, 7) is 1.97. The predicted molar refractivity (Wildman–Crippen MR) is 117 cm³/mol. The van der Waals surface area contributed by atoms with Crippen molar-refractivity contribution in [2.45, 2.75) is 38.6 Å². The van der Waals surface area contributed by atoms with Gasteiger partial charge in [-0.15, -0.1) is 11.3 Å².